The highest BCUT2D eigenvalue weighted by Crippen LogP contribution is 2.33. The van der Waals surface area contributed by atoms with Gasteiger partial charge in [-0.3, -0.25) is 4.57 Å². The lowest BCUT2D eigenvalue weighted by Crippen LogP contribution is -2.06. The van der Waals surface area contributed by atoms with Crippen LogP contribution >= 0.6 is 0 Å². The van der Waals surface area contributed by atoms with Crippen LogP contribution in [0.2, 0.25) is 0 Å². The highest BCUT2D eigenvalue weighted by molar-refractivity contribution is 6.09. The molecule has 0 aliphatic heterocycles. The van der Waals surface area contributed by atoms with Gasteiger partial charge in [0.25, 0.3) is 0 Å². The third-order valence-corrected chi connectivity index (χ3v) is 8.32. The summed E-state index contributed by atoms with van der Waals surface area (Å²) < 4.78 is 8.22. The van der Waals surface area contributed by atoms with E-state index in [2.05, 4.69) is 77.4 Å². The molecule has 6 nitrogen and oxygen atoms in total. The van der Waals surface area contributed by atoms with Gasteiger partial charge in [-0.2, -0.15) is 9.97 Å². The van der Waals surface area contributed by atoms with E-state index >= 15 is 0 Å². The molecule has 216 valence electrons. The lowest BCUT2D eigenvalue weighted by molar-refractivity contribution is 0.620. The highest BCUT2D eigenvalue weighted by atomic mass is 16.3. The van der Waals surface area contributed by atoms with Gasteiger partial charge in [-0.1, -0.05) is 109 Å². The summed E-state index contributed by atoms with van der Waals surface area (Å²) in [7, 11) is 0. The molecule has 0 bridgehead atoms. The van der Waals surface area contributed by atoms with Crippen molar-refractivity contribution >= 4 is 32.9 Å². The van der Waals surface area contributed by atoms with Crippen molar-refractivity contribution in [2.75, 3.05) is 0 Å². The second-order valence-corrected chi connectivity index (χ2v) is 11.2. The van der Waals surface area contributed by atoms with Crippen LogP contribution in [0.15, 0.2) is 156 Å². The van der Waals surface area contributed by atoms with Crippen LogP contribution in [-0.4, -0.2) is 24.5 Å². The Labute approximate surface area is 264 Å². The summed E-state index contributed by atoms with van der Waals surface area (Å²) in [4.78, 5) is 20.0. The molecule has 0 aliphatic carbocycles. The Morgan fingerprint density at radius 3 is 1.61 bits per heavy atom. The number of hydrogen-bond donors (Lipinski definition) is 0. The average molecular weight is 592 g/mol. The van der Waals surface area contributed by atoms with Crippen LogP contribution in [-0.2, 0) is 0 Å². The third-order valence-electron chi connectivity index (χ3n) is 8.32. The predicted octanol–water partition coefficient (Wildman–Crippen LogP) is 9.78. The van der Waals surface area contributed by atoms with Crippen molar-refractivity contribution in [3.05, 3.63) is 152 Å². The first kappa shape index (κ1) is 26.0. The largest absolute Gasteiger partial charge is 0.436 e. The molecule has 0 radical (unpaired) electrons. The van der Waals surface area contributed by atoms with Gasteiger partial charge >= 0.3 is 0 Å². The first-order chi connectivity index (χ1) is 22.8. The highest BCUT2D eigenvalue weighted by Gasteiger charge is 2.18. The fourth-order valence-electron chi connectivity index (χ4n) is 6.07. The minimum atomic E-state index is 0.551. The summed E-state index contributed by atoms with van der Waals surface area (Å²) in [5, 5.41) is 2.29. The Morgan fingerprint density at radius 1 is 0.413 bits per heavy atom. The normalized spacial score (nSPS) is 11.5. The second-order valence-electron chi connectivity index (χ2n) is 11.2. The van der Waals surface area contributed by atoms with Gasteiger partial charge in [-0.05, 0) is 53.6 Å². The molecule has 0 N–H and O–H groups in total. The smallest absolute Gasteiger partial charge is 0.238 e. The van der Waals surface area contributed by atoms with Gasteiger partial charge in [0.2, 0.25) is 11.8 Å². The fourth-order valence-corrected chi connectivity index (χ4v) is 6.07. The number of fused-ring (bicyclic) bond motifs is 4. The lowest BCUT2D eigenvalue weighted by atomic mass is 10.0. The maximum Gasteiger partial charge on any atom is 0.238 e. The predicted molar refractivity (Wildman–Crippen MR) is 183 cm³/mol. The minimum Gasteiger partial charge on any atom is -0.436 e. The molecule has 0 saturated heterocycles. The summed E-state index contributed by atoms with van der Waals surface area (Å²) >= 11 is 0. The molecule has 0 amide bonds. The van der Waals surface area contributed by atoms with Crippen molar-refractivity contribution in [1.82, 2.24) is 24.5 Å². The van der Waals surface area contributed by atoms with Crippen molar-refractivity contribution in [3.63, 3.8) is 0 Å². The van der Waals surface area contributed by atoms with Gasteiger partial charge in [-0.25, -0.2) is 9.97 Å². The zero-order valence-corrected chi connectivity index (χ0v) is 24.6. The zero-order chi connectivity index (χ0) is 30.5. The molecule has 0 saturated carbocycles. The van der Waals surface area contributed by atoms with Crippen LogP contribution in [0.5, 0.6) is 0 Å². The van der Waals surface area contributed by atoms with Gasteiger partial charge < -0.3 is 4.42 Å². The molecule has 3 aromatic heterocycles. The van der Waals surface area contributed by atoms with E-state index < -0.39 is 0 Å². The van der Waals surface area contributed by atoms with Crippen LogP contribution in [0, 0.1) is 0 Å². The van der Waals surface area contributed by atoms with Crippen molar-refractivity contribution in [3.8, 4) is 51.3 Å². The number of oxazole rings is 1. The molecule has 6 heteroatoms. The van der Waals surface area contributed by atoms with Gasteiger partial charge in [0.15, 0.2) is 17.2 Å². The summed E-state index contributed by atoms with van der Waals surface area (Å²) in [6, 6.07) is 51.3. The van der Waals surface area contributed by atoms with E-state index in [1.165, 1.54) is 0 Å². The van der Waals surface area contributed by atoms with Crippen molar-refractivity contribution in [1.29, 1.82) is 0 Å². The van der Waals surface area contributed by atoms with Gasteiger partial charge in [0.1, 0.15) is 5.52 Å². The Kier molecular flexibility index (Phi) is 6.03. The topological polar surface area (TPSA) is 69.6 Å². The fraction of sp³-hybridized carbons (Fsp3) is 0. The summed E-state index contributed by atoms with van der Waals surface area (Å²) in [6.07, 6.45) is 0. The number of hydrogen-bond acceptors (Lipinski definition) is 5. The number of nitrogens with zero attached hydrogens (tertiary/aromatic N) is 5. The molecule has 6 aromatic carbocycles. The molecule has 9 rings (SSSR count). The SMILES string of the molecule is c1ccc(-c2ccc(-c3nc(-c4ccc5oc(-c6ccccc6)nc5c4)nc(-n4c5ccccc5c5ccccc54)n3)cc2)cc1. The third kappa shape index (κ3) is 4.43. The molecule has 9 aromatic rings. The first-order valence-electron chi connectivity index (χ1n) is 15.2. The van der Waals surface area contributed by atoms with E-state index in [0.29, 0.717) is 29.1 Å². The molecule has 0 fully saturated rings. The second kappa shape index (κ2) is 10.6. The average Bonchev–Trinajstić information content (AvgIpc) is 3.72. The quantitative estimate of drug-likeness (QED) is 0.199. The van der Waals surface area contributed by atoms with E-state index in [0.717, 1.165) is 55.1 Å². The van der Waals surface area contributed by atoms with Gasteiger partial charge in [0, 0.05) is 27.5 Å². The van der Waals surface area contributed by atoms with Crippen molar-refractivity contribution in [2.45, 2.75) is 0 Å². The van der Waals surface area contributed by atoms with Crippen LogP contribution in [0.4, 0.5) is 0 Å². The van der Waals surface area contributed by atoms with Crippen LogP contribution < -0.4 is 0 Å². The summed E-state index contributed by atoms with van der Waals surface area (Å²) in [5.41, 5.74) is 8.46. The zero-order valence-electron chi connectivity index (χ0n) is 24.6. The standard InChI is InChI=1S/C40H25N5O/c1-3-11-26(12-4-1)27-19-21-28(22-20-27)37-42-38(30-23-24-36-33(25-30)41-39(46-36)29-13-5-2-6-14-29)44-40(43-37)45-34-17-9-7-15-31(34)32-16-8-10-18-35(32)45/h1-25H. The molecule has 0 spiro atoms. The van der Waals surface area contributed by atoms with Crippen molar-refractivity contribution < 1.29 is 4.42 Å². The lowest BCUT2D eigenvalue weighted by Gasteiger charge is -2.11. The first-order valence-corrected chi connectivity index (χ1v) is 15.2. The molecular weight excluding hydrogens is 566 g/mol. The summed E-state index contributed by atoms with van der Waals surface area (Å²) in [6.45, 7) is 0. The molecule has 0 unspecified atom stereocenters. The summed E-state index contributed by atoms with van der Waals surface area (Å²) in [5.74, 6) is 2.27. The van der Waals surface area contributed by atoms with Gasteiger partial charge in [-0.15, -0.1) is 0 Å². The number of benzene rings is 6. The van der Waals surface area contributed by atoms with E-state index in [4.69, 9.17) is 24.4 Å². The Hall–Kier alpha value is -6.40. The Bertz CT molecular complexity index is 2460. The Balaban J connectivity index is 1.24. The number of rotatable bonds is 5. The minimum absolute atomic E-state index is 0.551. The molecular formula is C40H25N5O. The number of para-hydroxylation sites is 2. The van der Waals surface area contributed by atoms with Gasteiger partial charge in [0.05, 0.1) is 11.0 Å². The van der Waals surface area contributed by atoms with E-state index in [1.807, 2.05) is 78.9 Å². The Morgan fingerprint density at radius 2 is 0.935 bits per heavy atom. The van der Waals surface area contributed by atoms with E-state index in [-0.39, 0.29) is 0 Å². The molecule has 0 aliphatic rings. The van der Waals surface area contributed by atoms with E-state index in [9.17, 15) is 0 Å². The molecule has 0 atom stereocenters. The van der Waals surface area contributed by atoms with Crippen molar-refractivity contribution in [2.24, 2.45) is 0 Å². The van der Waals surface area contributed by atoms with Crippen LogP contribution in [0.25, 0.3) is 84.2 Å². The molecule has 3 heterocycles. The number of aromatic nitrogens is 5. The molecule has 46 heavy (non-hydrogen) atoms. The van der Waals surface area contributed by atoms with E-state index in [1.54, 1.807) is 0 Å². The van der Waals surface area contributed by atoms with Crippen LogP contribution in [0.3, 0.4) is 0 Å². The maximum absolute atomic E-state index is 6.10. The van der Waals surface area contributed by atoms with Crippen LogP contribution in [0.1, 0.15) is 0 Å². The maximum atomic E-state index is 6.10. The monoisotopic (exact) mass is 591 g/mol.